The van der Waals surface area contributed by atoms with Gasteiger partial charge >= 0.3 is 0 Å². The van der Waals surface area contributed by atoms with E-state index >= 15 is 0 Å². The van der Waals surface area contributed by atoms with Gasteiger partial charge in [0.05, 0.1) is 39.0 Å². The van der Waals surface area contributed by atoms with Crippen molar-refractivity contribution in [2.24, 2.45) is 0 Å². The first kappa shape index (κ1) is 21.9. The molecular weight excluding hydrogens is 410 g/mol. The molecule has 8 heteroatoms. The standard InChI is InChI=1S/C24H27N3O5/c1-30-21-8-7-16(13-22(21)31-2)20(27-9-11-32-12-10-27)15-25-24(29)18-14-23(28)26-19-6-4-3-5-17(18)19/h3-8,13-14,20H,9-12,15H2,1-2H3,(H,25,29)(H,26,28). The molecule has 0 aliphatic carbocycles. The lowest BCUT2D eigenvalue weighted by molar-refractivity contribution is 0.0162. The smallest absolute Gasteiger partial charge is 0.252 e. The number of nitrogens with one attached hydrogen (secondary N) is 2. The highest BCUT2D eigenvalue weighted by Gasteiger charge is 2.25. The van der Waals surface area contributed by atoms with E-state index in [1.54, 1.807) is 20.3 Å². The predicted molar refractivity (Wildman–Crippen MR) is 122 cm³/mol. The molecule has 1 fully saturated rings. The lowest BCUT2D eigenvalue weighted by atomic mass is 10.0. The van der Waals surface area contributed by atoms with Gasteiger partial charge in [0.25, 0.3) is 5.91 Å². The van der Waals surface area contributed by atoms with Gasteiger partial charge in [-0.25, -0.2) is 0 Å². The Morgan fingerprint density at radius 1 is 1.09 bits per heavy atom. The topological polar surface area (TPSA) is 92.9 Å². The maximum atomic E-state index is 13.1. The van der Waals surface area contributed by atoms with Crippen LogP contribution in [0, 0.1) is 0 Å². The van der Waals surface area contributed by atoms with Gasteiger partial charge in [-0.15, -0.1) is 0 Å². The van der Waals surface area contributed by atoms with Crippen LogP contribution < -0.4 is 20.3 Å². The molecule has 1 amide bonds. The van der Waals surface area contributed by atoms with E-state index in [0.29, 0.717) is 47.7 Å². The van der Waals surface area contributed by atoms with Crippen LogP contribution in [0.15, 0.2) is 53.3 Å². The number of ether oxygens (including phenoxy) is 3. The van der Waals surface area contributed by atoms with Gasteiger partial charge in [0.15, 0.2) is 11.5 Å². The molecule has 3 aromatic rings. The third-order valence-corrected chi connectivity index (χ3v) is 5.73. The fraction of sp³-hybridized carbons (Fsp3) is 0.333. The highest BCUT2D eigenvalue weighted by Crippen LogP contribution is 2.32. The van der Waals surface area contributed by atoms with Gasteiger partial charge in [0, 0.05) is 36.6 Å². The Balaban J connectivity index is 1.61. The summed E-state index contributed by atoms with van der Waals surface area (Å²) in [5.74, 6) is 0.997. The van der Waals surface area contributed by atoms with Crippen LogP contribution in [0.4, 0.5) is 0 Å². The minimum atomic E-state index is -0.307. The first-order valence-corrected chi connectivity index (χ1v) is 10.5. The van der Waals surface area contributed by atoms with E-state index in [1.807, 2.05) is 36.4 Å². The van der Waals surface area contributed by atoms with E-state index in [4.69, 9.17) is 14.2 Å². The number of morpholine rings is 1. The van der Waals surface area contributed by atoms with E-state index in [1.165, 1.54) is 6.07 Å². The fourth-order valence-corrected chi connectivity index (χ4v) is 4.08. The second kappa shape index (κ2) is 9.84. The number of carbonyl (C=O) groups is 1. The van der Waals surface area contributed by atoms with E-state index < -0.39 is 0 Å². The summed E-state index contributed by atoms with van der Waals surface area (Å²) in [5.41, 5.74) is 1.69. The van der Waals surface area contributed by atoms with Crippen molar-refractivity contribution in [3.8, 4) is 11.5 Å². The molecule has 1 aliphatic heterocycles. The molecule has 1 unspecified atom stereocenters. The fourth-order valence-electron chi connectivity index (χ4n) is 4.08. The number of pyridine rings is 1. The molecule has 168 valence electrons. The quantitative estimate of drug-likeness (QED) is 0.590. The van der Waals surface area contributed by atoms with Crippen molar-refractivity contribution in [1.29, 1.82) is 0 Å². The summed E-state index contributed by atoms with van der Waals surface area (Å²) in [7, 11) is 3.20. The lowest BCUT2D eigenvalue weighted by Crippen LogP contribution is -2.44. The number of nitrogens with zero attached hydrogens (tertiary/aromatic N) is 1. The molecule has 0 spiro atoms. The SMILES string of the molecule is COc1ccc(C(CNC(=O)c2cc(=O)[nH]c3ccccc23)N2CCOCC2)cc1OC. The maximum absolute atomic E-state index is 13.1. The molecule has 8 nitrogen and oxygen atoms in total. The lowest BCUT2D eigenvalue weighted by Gasteiger charge is -2.35. The van der Waals surface area contributed by atoms with Gasteiger partial charge in [0.2, 0.25) is 5.56 Å². The summed E-state index contributed by atoms with van der Waals surface area (Å²) in [6.07, 6.45) is 0. The Morgan fingerprint density at radius 3 is 2.59 bits per heavy atom. The average Bonchev–Trinajstić information content (AvgIpc) is 2.84. The maximum Gasteiger partial charge on any atom is 0.252 e. The highest BCUT2D eigenvalue weighted by molar-refractivity contribution is 6.05. The van der Waals surface area contributed by atoms with Crippen molar-refractivity contribution < 1.29 is 19.0 Å². The number of benzene rings is 2. The Bertz CT molecular complexity index is 1150. The summed E-state index contributed by atoms with van der Waals surface area (Å²) in [6.45, 7) is 3.15. The largest absolute Gasteiger partial charge is 0.493 e. The normalized spacial score (nSPS) is 15.3. The molecule has 0 radical (unpaired) electrons. The zero-order chi connectivity index (χ0) is 22.5. The van der Waals surface area contributed by atoms with Crippen molar-refractivity contribution in [1.82, 2.24) is 15.2 Å². The molecule has 2 N–H and O–H groups in total. The molecule has 0 saturated carbocycles. The molecule has 0 bridgehead atoms. The molecule has 1 aliphatic rings. The predicted octanol–water partition coefficient (Wildman–Crippen LogP) is 2.35. The first-order chi connectivity index (χ1) is 15.6. The first-order valence-electron chi connectivity index (χ1n) is 10.5. The van der Waals surface area contributed by atoms with Crippen LogP contribution >= 0.6 is 0 Å². The number of hydrogen-bond donors (Lipinski definition) is 2. The van der Waals surface area contributed by atoms with E-state index in [9.17, 15) is 9.59 Å². The Labute approximate surface area is 186 Å². The molecule has 2 aromatic carbocycles. The summed E-state index contributed by atoms with van der Waals surface area (Å²) in [6, 6.07) is 14.3. The van der Waals surface area contributed by atoms with Crippen LogP contribution in [0.3, 0.4) is 0 Å². The van der Waals surface area contributed by atoms with E-state index in [0.717, 1.165) is 18.7 Å². The van der Waals surface area contributed by atoms with E-state index in [-0.39, 0.29) is 17.5 Å². The van der Waals surface area contributed by atoms with Gasteiger partial charge in [-0.1, -0.05) is 24.3 Å². The summed E-state index contributed by atoms with van der Waals surface area (Å²) in [5, 5.41) is 3.74. The Kier molecular flexibility index (Phi) is 6.72. The second-order valence-electron chi connectivity index (χ2n) is 7.58. The number of fused-ring (bicyclic) bond motifs is 1. The number of methoxy groups -OCH3 is 2. The number of rotatable bonds is 7. The minimum absolute atomic E-state index is 0.0871. The number of hydrogen-bond acceptors (Lipinski definition) is 6. The minimum Gasteiger partial charge on any atom is -0.493 e. The van der Waals surface area contributed by atoms with E-state index in [2.05, 4.69) is 15.2 Å². The second-order valence-corrected chi connectivity index (χ2v) is 7.58. The average molecular weight is 437 g/mol. The van der Waals surface area contributed by atoms with Crippen molar-refractivity contribution in [2.45, 2.75) is 6.04 Å². The van der Waals surface area contributed by atoms with Crippen molar-refractivity contribution in [3.63, 3.8) is 0 Å². The number of amides is 1. The molecule has 1 saturated heterocycles. The zero-order valence-corrected chi connectivity index (χ0v) is 18.2. The number of aromatic nitrogens is 1. The Hall–Kier alpha value is -3.36. The van der Waals surface area contributed by atoms with Crippen LogP contribution in [0.25, 0.3) is 10.9 Å². The third kappa shape index (κ3) is 4.61. The molecule has 1 atom stereocenters. The molecule has 1 aromatic heterocycles. The molecule has 2 heterocycles. The zero-order valence-electron chi connectivity index (χ0n) is 18.2. The highest BCUT2D eigenvalue weighted by atomic mass is 16.5. The number of aromatic amines is 1. The van der Waals surface area contributed by atoms with Crippen LogP contribution in [-0.4, -0.2) is 62.9 Å². The van der Waals surface area contributed by atoms with Crippen molar-refractivity contribution in [3.05, 3.63) is 70.0 Å². The van der Waals surface area contributed by atoms with Gasteiger partial charge < -0.3 is 24.5 Å². The molecular formula is C24H27N3O5. The monoisotopic (exact) mass is 437 g/mol. The molecule has 32 heavy (non-hydrogen) atoms. The van der Waals surface area contributed by atoms with Gasteiger partial charge in [-0.2, -0.15) is 0 Å². The summed E-state index contributed by atoms with van der Waals surface area (Å²) in [4.78, 5) is 30.2. The molecule has 4 rings (SSSR count). The van der Waals surface area contributed by atoms with Crippen LogP contribution in [0.2, 0.25) is 0 Å². The summed E-state index contributed by atoms with van der Waals surface area (Å²) >= 11 is 0. The van der Waals surface area contributed by atoms with Gasteiger partial charge in [-0.05, 0) is 23.8 Å². The van der Waals surface area contributed by atoms with Crippen LogP contribution in [0.5, 0.6) is 11.5 Å². The van der Waals surface area contributed by atoms with Gasteiger partial charge in [-0.3, -0.25) is 14.5 Å². The van der Waals surface area contributed by atoms with Crippen LogP contribution in [-0.2, 0) is 4.74 Å². The number of H-pyrrole nitrogens is 1. The van der Waals surface area contributed by atoms with Crippen molar-refractivity contribution in [2.75, 3.05) is 47.1 Å². The van der Waals surface area contributed by atoms with Crippen LogP contribution in [0.1, 0.15) is 22.0 Å². The number of carbonyl (C=O) groups excluding carboxylic acids is 1. The third-order valence-electron chi connectivity index (χ3n) is 5.73. The van der Waals surface area contributed by atoms with Gasteiger partial charge in [0.1, 0.15) is 0 Å². The summed E-state index contributed by atoms with van der Waals surface area (Å²) < 4.78 is 16.4. The van der Waals surface area contributed by atoms with Crippen molar-refractivity contribution >= 4 is 16.8 Å². The Morgan fingerprint density at radius 2 is 1.84 bits per heavy atom. The number of para-hydroxylation sites is 1.